The molecule has 220 valence electrons. The summed E-state index contributed by atoms with van der Waals surface area (Å²) in [7, 11) is 1.29. The van der Waals surface area contributed by atoms with Crippen LogP contribution in [-0.2, 0) is 14.4 Å². The number of ketones is 1. The molecule has 0 spiro atoms. The molecule has 1 aliphatic rings. The van der Waals surface area contributed by atoms with Crippen molar-refractivity contribution in [2.24, 2.45) is 11.8 Å². The van der Waals surface area contributed by atoms with E-state index in [-0.39, 0.29) is 11.3 Å². The van der Waals surface area contributed by atoms with Gasteiger partial charge in [-0.15, -0.1) is 0 Å². The molecule has 42 heavy (non-hydrogen) atoms. The van der Waals surface area contributed by atoms with Crippen molar-refractivity contribution in [3.05, 3.63) is 92.5 Å². The number of carbonyl (C=O) groups excluding carboxylic acids is 3. The molecule has 4 atom stereocenters. The van der Waals surface area contributed by atoms with Gasteiger partial charge in [0, 0.05) is 29.8 Å². The molecule has 3 aromatic carbocycles. The van der Waals surface area contributed by atoms with E-state index in [1.807, 2.05) is 52.0 Å². The SMILES string of the molecule is COc1ccc(C2C(C(=O)Nc3ccc(C)cc3C)C(=O)CC(C)(O)C2C(=O)Nc2ccc(C)cc2C)cc1[N+](=O)[O-]. The highest BCUT2D eigenvalue weighted by Gasteiger charge is 2.56. The number of nitro benzene ring substituents is 1. The maximum Gasteiger partial charge on any atom is 0.311 e. The third kappa shape index (κ3) is 6.03. The van der Waals surface area contributed by atoms with Gasteiger partial charge < -0.3 is 20.5 Å². The second kappa shape index (κ2) is 11.7. The first-order chi connectivity index (χ1) is 19.7. The van der Waals surface area contributed by atoms with E-state index in [1.165, 1.54) is 32.2 Å². The zero-order valence-electron chi connectivity index (χ0n) is 24.5. The Morgan fingerprint density at radius 1 is 0.929 bits per heavy atom. The summed E-state index contributed by atoms with van der Waals surface area (Å²) in [6.07, 6.45) is -0.461. The number of rotatable bonds is 7. The van der Waals surface area contributed by atoms with Gasteiger partial charge in [0.2, 0.25) is 11.8 Å². The minimum absolute atomic E-state index is 0.0230. The lowest BCUT2D eigenvalue weighted by Gasteiger charge is -2.44. The highest BCUT2D eigenvalue weighted by Crippen LogP contribution is 2.48. The van der Waals surface area contributed by atoms with Gasteiger partial charge in [0.1, 0.15) is 11.7 Å². The largest absolute Gasteiger partial charge is 0.490 e. The molecule has 0 aromatic heterocycles. The molecule has 4 rings (SSSR count). The van der Waals surface area contributed by atoms with Crippen molar-refractivity contribution in [2.75, 3.05) is 17.7 Å². The Morgan fingerprint density at radius 2 is 1.48 bits per heavy atom. The Hall–Kier alpha value is -4.57. The minimum Gasteiger partial charge on any atom is -0.490 e. The van der Waals surface area contributed by atoms with Gasteiger partial charge in [0.25, 0.3) is 0 Å². The van der Waals surface area contributed by atoms with E-state index in [4.69, 9.17) is 4.74 Å². The molecule has 0 aliphatic heterocycles. The average Bonchev–Trinajstić information content (AvgIpc) is 2.90. The molecule has 4 unspecified atom stereocenters. The van der Waals surface area contributed by atoms with E-state index >= 15 is 0 Å². The molecule has 1 aliphatic carbocycles. The van der Waals surface area contributed by atoms with Crippen molar-refractivity contribution >= 4 is 34.7 Å². The first-order valence-electron chi connectivity index (χ1n) is 13.6. The number of ether oxygens (including phenoxy) is 1. The van der Waals surface area contributed by atoms with Crippen LogP contribution >= 0.6 is 0 Å². The van der Waals surface area contributed by atoms with Crippen LogP contribution in [0.5, 0.6) is 5.75 Å². The molecular weight excluding hydrogens is 538 g/mol. The lowest BCUT2D eigenvalue weighted by Crippen LogP contribution is -2.56. The van der Waals surface area contributed by atoms with Crippen molar-refractivity contribution in [1.82, 2.24) is 0 Å². The lowest BCUT2D eigenvalue weighted by molar-refractivity contribution is -0.385. The van der Waals surface area contributed by atoms with Crippen molar-refractivity contribution in [2.45, 2.75) is 52.6 Å². The maximum atomic E-state index is 14.0. The number of hydrogen-bond acceptors (Lipinski definition) is 7. The Kier molecular flexibility index (Phi) is 8.49. The Morgan fingerprint density at radius 3 is 1.98 bits per heavy atom. The fourth-order valence-electron chi connectivity index (χ4n) is 5.88. The number of aryl methyl sites for hydroxylation is 4. The molecule has 2 amide bonds. The number of anilines is 2. The molecule has 0 bridgehead atoms. The second-order valence-corrected chi connectivity index (χ2v) is 11.3. The van der Waals surface area contributed by atoms with Crippen molar-refractivity contribution in [3.63, 3.8) is 0 Å². The molecule has 0 saturated heterocycles. The van der Waals surface area contributed by atoms with Crippen LogP contribution in [0.1, 0.15) is 47.1 Å². The van der Waals surface area contributed by atoms with E-state index in [1.54, 1.807) is 12.1 Å². The summed E-state index contributed by atoms with van der Waals surface area (Å²) in [6, 6.07) is 14.9. The summed E-state index contributed by atoms with van der Waals surface area (Å²) in [5.41, 5.74) is 2.47. The third-order valence-electron chi connectivity index (χ3n) is 7.90. The lowest BCUT2D eigenvalue weighted by atomic mass is 9.61. The number of methoxy groups -OCH3 is 1. The van der Waals surface area contributed by atoms with Crippen molar-refractivity contribution in [3.8, 4) is 5.75 Å². The average molecular weight is 574 g/mol. The second-order valence-electron chi connectivity index (χ2n) is 11.3. The van der Waals surface area contributed by atoms with E-state index in [0.29, 0.717) is 11.4 Å². The number of benzene rings is 3. The number of nitrogens with one attached hydrogen (secondary N) is 2. The summed E-state index contributed by atoms with van der Waals surface area (Å²) < 4.78 is 5.15. The monoisotopic (exact) mass is 573 g/mol. The van der Waals surface area contributed by atoms with Crippen LogP contribution in [0.25, 0.3) is 0 Å². The van der Waals surface area contributed by atoms with Gasteiger partial charge >= 0.3 is 5.69 Å². The smallest absolute Gasteiger partial charge is 0.311 e. The Balaban J connectivity index is 1.86. The summed E-state index contributed by atoms with van der Waals surface area (Å²) in [6.45, 7) is 8.86. The van der Waals surface area contributed by atoms with Crippen LogP contribution in [0.2, 0.25) is 0 Å². The highest BCUT2D eigenvalue weighted by molar-refractivity contribution is 6.10. The van der Waals surface area contributed by atoms with E-state index in [0.717, 1.165) is 22.3 Å². The predicted octanol–water partition coefficient (Wildman–Crippen LogP) is 5.15. The number of amides is 2. The quantitative estimate of drug-likeness (QED) is 0.201. The molecule has 10 heteroatoms. The Bertz CT molecular complexity index is 1580. The molecule has 1 saturated carbocycles. The van der Waals surface area contributed by atoms with Gasteiger partial charge in [0.05, 0.1) is 23.6 Å². The van der Waals surface area contributed by atoms with E-state index < -0.39 is 58.0 Å². The van der Waals surface area contributed by atoms with E-state index in [9.17, 15) is 29.6 Å². The van der Waals surface area contributed by atoms with Crippen LogP contribution in [0.3, 0.4) is 0 Å². The number of nitrogens with zero attached hydrogens (tertiary/aromatic N) is 1. The summed E-state index contributed by atoms with van der Waals surface area (Å²) >= 11 is 0. The van der Waals surface area contributed by atoms with Crippen molar-refractivity contribution < 1.29 is 29.2 Å². The molecule has 3 aromatic rings. The molecule has 1 fully saturated rings. The zero-order chi connectivity index (χ0) is 30.9. The molecular formula is C32H35N3O7. The number of Topliss-reactive ketones (excluding diaryl/α,β-unsaturated/α-hetero) is 1. The minimum atomic E-state index is -1.87. The summed E-state index contributed by atoms with van der Waals surface area (Å²) in [5, 5.41) is 29.1. The fraction of sp³-hybridized carbons (Fsp3) is 0.344. The highest BCUT2D eigenvalue weighted by atomic mass is 16.6. The number of carbonyl (C=O) groups is 3. The fourth-order valence-corrected chi connectivity index (χ4v) is 5.88. The van der Waals surface area contributed by atoms with Gasteiger partial charge in [-0.2, -0.15) is 0 Å². The van der Waals surface area contributed by atoms with Crippen LogP contribution in [0.4, 0.5) is 17.1 Å². The van der Waals surface area contributed by atoms with Gasteiger partial charge in [-0.25, -0.2) is 0 Å². The van der Waals surface area contributed by atoms with Crippen LogP contribution in [0, 0.1) is 49.6 Å². The van der Waals surface area contributed by atoms with Gasteiger partial charge in [0.15, 0.2) is 5.75 Å². The molecule has 10 nitrogen and oxygen atoms in total. The topological polar surface area (TPSA) is 148 Å². The van der Waals surface area contributed by atoms with Crippen LogP contribution in [-0.4, -0.2) is 40.3 Å². The zero-order valence-corrected chi connectivity index (χ0v) is 24.5. The summed E-state index contributed by atoms with van der Waals surface area (Å²) in [5.74, 6) is -5.87. The molecule has 0 radical (unpaired) electrons. The van der Waals surface area contributed by atoms with Crippen LogP contribution in [0.15, 0.2) is 54.6 Å². The first-order valence-corrected chi connectivity index (χ1v) is 13.6. The first kappa shape index (κ1) is 30.4. The van der Waals surface area contributed by atoms with Crippen LogP contribution < -0.4 is 15.4 Å². The number of hydrogen-bond donors (Lipinski definition) is 3. The number of nitro groups is 1. The molecule has 3 N–H and O–H groups in total. The normalized spacial score (nSPS) is 21.9. The number of aliphatic hydroxyl groups is 1. The van der Waals surface area contributed by atoms with Gasteiger partial charge in [-0.05, 0) is 69.5 Å². The Labute approximate surface area is 244 Å². The summed E-state index contributed by atoms with van der Waals surface area (Å²) in [4.78, 5) is 52.7. The van der Waals surface area contributed by atoms with Gasteiger partial charge in [-0.1, -0.05) is 41.5 Å². The third-order valence-corrected chi connectivity index (χ3v) is 7.90. The molecule has 0 heterocycles. The predicted molar refractivity (Wildman–Crippen MR) is 159 cm³/mol. The standard InChI is InChI=1S/C32H35N3O7/c1-17-7-10-22(19(3)13-17)33-30(37)28-25(36)16-32(5,39)29(31(38)34-23-11-8-18(2)14-20(23)4)27(28)21-9-12-26(42-6)24(15-21)35(40)41/h7-15,27-29,39H,16H2,1-6H3,(H,33,37)(H,34,38). The van der Waals surface area contributed by atoms with Gasteiger partial charge in [-0.3, -0.25) is 24.5 Å². The van der Waals surface area contributed by atoms with Crippen molar-refractivity contribution in [1.29, 1.82) is 0 Å². The van der Waals surface area contributed by atoms with E-state index in [2.05, 4.69) is 10.6 Å². The maximum absolute atomic E-state index is 14.0.